The van der Waals surface area contributed by atoms with E-state index < -0.39 is 0 Å². The number of hydrogen-bond donors (Lipinski definition) is 0. The SMILES string of the molecule is Cc1ccc([I+]c2ccc(Cc3ccc([I+]c4ccc(C)cc4)cc3)cc2)cc1. The van der Waals surface area contributed by atoms with E-state index in [1.54, 1.807) is 0 Å². The number of benzene rings is 4. The van der Waals surface area contributed by atoms with Crippen LogP contribution >= 0.6 is 0 Å². The molecule has 0 N–H and O–H groups in total. The van der Waals surface area contributed by atoms with E-state index in [0.717, 1.165) is 6.42 Å². The molecule has 0 nitrogen and oxygen atoms in total. The molecular weight excluding hydrogens is 578 g/mol. The lowest BCUT2D eigenvalue weighted by molar-refractivity contribution is -0.597. The third kappa shape index (κ3) is 6.16. The zero-order valence-corrected chi connectivity index (χ0v) is 21.0. The van der Waals surface area contributed by atoms with Crippen molar-refractivity contribution in [1.82, 2.24) is 0 Å². The van der Waals surface area contributed by atoms with E-state index in [9.17, 15) is 0 Å². The maximum absolute atomic E-state index is 2.32. The van der Waals surface area contributed by atoms with Gasteiger partial charge in [-0.15, -0.1) is 0 Å². The first kappa shape index (κ1) is 20.6. The Hall–Kier alpha value is -1.66. The molecule has 0 radical (unpaired) electrons. The van der Waals surface area contributed by atoms with Gasteiger partial charge in [0.05, 0.1) is 0 Å². The van der Waals surface area contributed by atoms with Crippen molar-refractivity contribution in [2.24, 2.45) is 0 Å². The number of hydrogen-bond acceptors (Lipinski definition) is 0. The van der Waals surface area contributed by atoms with Crippen LogP contribution in [0.2, 0.25) is 0 Å². The Balaban J connectivity index is 1.36. The van der Waals surface area contributed by atoms with E-state index in [-0.39, 0.29) is 42.4 Å². The van der Waals surface area contributed by atoms with Crippen LogP contribution < -0.4 is 42.4 Å². The monoisotopic (exact) mass is 602 g/mol. The molecule has 0 aliphatic rings. The Labute approximate surface area is 194 Å². The molecule has 4 rings (SSSR count). The van der Waals surface area contributed by atoms with Gasteiger partial charge in [-0.1, -0.05) is 59.7 Å². The highest BCUT2D eigenvalue weighted by atomic mass is 127. The molecule has 0 amide bonds. The van der Waals surface area contributed by atoms with Crippen molar-refractivity contribution in [3.8, 4) is 0 Å². The van der Waals surface area contributed by atoms with Crippen molar-refractivity contribution in [1.29, 1.82) is 0 Å². The summed E-state index contributed by atoms with van der Waals surface area (Å²) in [5.74, 6) is 0. The highest BCUT2D eigenvalue weighted by molar-refractivity contribution is 5.25. The van der Waals surface area contributed by atoms with Gasteiger partial charge in [0.25, 0.3) is 0 Å². The molecule has 0 unspecified atom stereocenters. The molecule has 0 saturated carbocycles. The third-order valence-electron chi connectivity index (χ3n) is 4.69. The van der Waals surface area contributed by atoms with E-state index in [1.807, 2.05) is 0 Å². The second kappa shape index (κ2) is 9.90. The van der Waals surface area contributed by atoms with Crippen molar-refractivity contribution >= 4 is 0 Å². The van der Waals surface area contributed by atoms with Crippen LogP contribution in [0, 0.1) is 28.1 Å². The first-order valence-corrected chi connectivity index (χ1v) is 14.1. The Morgan fingerprint density at radius 1 is 0.414 bits per heavy atom. The summed E-state index contributed by atoms with van der Waals surface area (Å²) in [7, 11) is 0. The van der Waals surface area contributed by atoms with Gasteiger partial charge < -0.3 is 0 Å². The Morgan fingerprint density at radius 3 is 1.00 bits per heavy atom. The maximum atomic E-state index is 2.32. The fourth-order valence-corrected chi connectivity index (χ4v) is 7.33. The smallest absolute Gasteiger partial charge is 0.0548 e. The Bertz CT molecular complexity index is 957. The van der Waals surface area contributed by atoms with Gasteiger partial charge in [0, 0.05) is 0 Å². The zero-order valence-electron chi connectivity index (χ0n) is 16.7. The molecule has 2 heteroatoms. The molecule has 0 spiro atoms. The molecule has 4 aromatic rings. The fraction of sp³-hybridized carbons (Fsp3) is 0.111. The average Bonchev–Trinajstić information content (AvgIpc) is 2.74. The topological polar surface area (TPSA) is 0 Å². The molecule has 0 fully saturated rings. The molecule has 0 aliphatic heterocycles. The second-order valence-corrected chi connectivity index (χ2v) is 13.3. The highest BCUT2D eigenvalue weighted by Gasteiger charge is 2.16. The summed E-state index contributed by atoms with van der Waals surface area (Å²) in [5.41, 5.74) is 5.45. The van der Waals surface area contributed by atoms with Crippen LogP contribution in [0.4, 0.5) is 0 Å². The van der Waals surface area contributed by atoms with Crippen LogP contribution in [-0.2, 0) is 6.42 Å². The normalized spacial score (nSPS) is 10.8. The molecule has 0 aromatic heterocycles. The summed E-state index contributed by atoms with van der Waals surface area (Å²) in [4.78, 5) is 0. The van der Waals surface area contributed by atoms with Gasteiger partial charge in [0.2, 0.25) is 0 Å². The minimum Gasteiger partial charge on any atom is -0.0548 e. The van der Waals surface area contributed by atoms with Crippen LogP contribution in [-0.4, -0.2) is 0 Å². The number of aryl methyl sites for hydroxylation is 2. The van der Waals surface area contributed by atoms with Gasteiger partial charge >= 0.3 is 42.4 Å². The van der Waals surface area contributed by atoms with Crippen molar-refractivity contribution in [2.45, 2.75) is 20.3 Å². The lowest BCUT2D eigenvalue weighted by Crippen LogP contribution is -3.61. The Morgan fingerprint density at radius 2 is 0.690 bits per heavy atom. The van der Waals surface area contributed by atoms with Gasteiger partial charge in [-0.25, -0.2) is 0 Å². The number of rotatable bonds is 6. The zero-order chi connectivity index (χ0) is 20.1. The van der Waals surface area contributed by atoms with Gasteiger partial charge in [0.15, 0.2) is 14.3 Å². The van der Waals surface area contributed by atoms with Crippen LogP contribution in [0.15, 0.2) is 97.1 Å². The first-order chi connectivity index (χ1) is 14.1. The average molecular weight is 602 g/mol. The first-order valence-electron chi connectivity index (χ1n) is 9.75. The van der Waals surface area contributed by atoms with Gasteiger partial charge in [-0.2, -0.15) is 0 Å². The maximum Gasteiger partial charge on any atom is 0.357 e. The van der Waals surface area contributed by atoms with Gasteiger partial charge in [-0.05, 0) is 79.9 Å². The van der Waals surface area contributed by atoms with Gasteiger partial charge in [0.1, 0.15) is 0 Å². The van der Waals surface area contributed by atoms with Crippen molar-refractivity contribution < 1.29 is 42.4 Å². The van der Waals surface area contributed by atoms with E-state index in [1.165, 1.54) is 36.5 Å². The van der Waals surface area contributed by atoms with Crippen LogP contribution in [0.1, 0.15) is 22.3 Å². The lowest BCUT2D eigenvalue weighted by atomic mass is 10.1. The molecule has 0 aliphatic carbocycles. The second-order valence-electron chi connectivity index (χ2n) is 7.21. The van der Waals surface area contributed by atoms with Crippen LogP contribution in [0.5, 0.6) is 0 Å². The highest BCUT2D eigenvalue weighted by Crippen LogP contribution is 2.08. The summed E-state index contributed by atoms with van der Waals surface area (Å²) in [5, 5.41) is 0. The largest absolute Gasteiger partial charge is 0.357 e. The van der Waals surface area contributed by atoms with Crippen molar-refractivity contribution in [3.63, 3.8) is 0 Å². The van der Waals surface area contributed by atoms with Crippen molar-refractivity contribution in [3.05, 3.63) is 134 Å². The molecular formula is C27H24I2+2. The minimum atomic E-state index is -0.0853. The molecule has 0 heterocycles. The fourth-order valence-electron chi connectivity index (χ4n) is 3.01. The summed E-state index contributed by atoms with van der Waals surface area (Å²) in [6, 6.07) is 36.5. The molecule has 29 heavy (non-hydrogen) atoms. The lowest BCUT2D eigenvalue weighted by Gasteiger charge is -2.01. The van der Waals surface area contributed by atoms with E-state index in [4.69, 9.17) is 0 Å². The van der Waals surface area contributed by atoms with Crippen LogP contribution in [0.3, 0.4) is 0 Å². The summed E-state index contributed by atoms with van der Waals surface area (Å²) >= 11 is -0.171. The minimum absolute atomic E-state index is 0.0853. The molecule has 0 atom stereocenters. The van der Waals surface area contributed by atoms with E-state index in [0.29, 0.717) is 0 Å². The molecule has 144 valence electrons. The number of halogens is 2. The quantitative estimate of drug-likeness (QED) is 0.276. The third-order valence-corrected chi connectivity index (χ3v) is 10.1. The molecule has 0 bridgehead atoms. The summed E-state index contributed by atoms with van der Waals surface area (Å²) in [6.45, 7) is 4.29. The molecule has 0 saturated heterocycles. The molecule has 4 aromatic carbocycles. The Kier molecular flexibility index (Phi) is 7.03. The summed E-state index contributed by atoms with van der Waals surface area (Å²) < 4.78 is 5.92. The van der Waals surface area contributed by atoms with E-state index in [2.05, 4.69) is 111 Å². The van der Waals surface area contributed by atoms with E-state index >= 15 is 0 Å². The predicted octanol–water partition coefficient (Wildman–Crippen LogP) is 0.151. The predicted molar refractivity (Wildman–Crippen MR) is 113 cm³/mol. The van der Waals surface area contributed by atoms with Crippen LogP contribution in [0.25, 0.3) is 0 Å². The van der Waals surface area contributed by atoms with Crippen molar-refractivity contribution in [2.75, 3.05) is 0 Å². The summed E-state index contributed by atoms with van der Waals surface area (Å²) in [6.07, 6.45) is 1.01. The standard InChI is InChI=1S/C27H24I2/c1-20-3-11-24(12-4-20)28-26-15-7-22(8-16-26)19-23-9-17-27(18-10-23)29-25-13-5-21(2)6-14-25/h3-18H,19H2,1-2H3/q+2. The van der Waals surface area contributed by atoms with Gasteiger partial charge in [-0.3, -0.25) is 0 Å².